The summed E-state index contributed by atoms with van der Waals surface area (Å²) < 4.78 is 0. The van der Waals surface area contributed by atoms with Crippen LogP contribution in [0.5, 0.6) is 0 Å². The van der Waals surface area contributed by atoms with Crippen LogP contribution in [-0.4, -0.2) is 18.2 Å². The fraction of sp³-hybridized carbons (Fsp3) is 0.250. The first kappa shape index (κ1) is 29.8. The third-order valence-corrected chi connectivity index (χ3v) is 5.05. The summed E-state index contributed by atoms with van der Waals surface area (Å²) in [5, 5.41) is 16.2. The van der Waals surface area contributed by atoms with Crippen molar-refractivity contribution in [1.82, 2.24) is 0 Å². The Morgan fingerprint density at radius 1 is 0.471 bits per heavy atom. The SMILES string of the molecule is N=C=O.N=C=O.N=C=O.c1ccc(CCC(CCc2ccccc2)CCc2ccccc2)cc1. The highest BCUT2D eigenvalue weighted by molar-refractivity contribution is 5.26. The molecular formula is C28H31N3O3. The molecule has 0 radical (unpaired) electrons. The number of hydrogen-bond donors (Lipinski definition) is 3. The van der Waals surface area contributed by atoms with Crippen molar-refractivity contribution < 1.29 is 14.4 Å². The van der Waals surface area contributed by atoms with Crippen LogP contribution >= 0.6 is 0 Å². The Morgan fingerprint density at radius 2 is 0.676 bits per heavy atom. The molecule has 0 aliphatic rings. The Balaban J connectivity index is 0.00000105. The topological polar surface area (TPSA) is 123 Å². The quantitative estimate of drug-likeness (QED) is 0.262. The number of aryl methyl sites for hydroxylation is 3. The van der Waals surface area contributed by atoms with Gasteiger partial charge >= 0.3 is 0 Å². The minimum absolute atomic E-state index is 0.750. The van der Waals surface area contributed by atoms with Crippen molar-refractivity contribution in [2.45, 2.75) is 38.5 Å². The van der Waals surface area contributed by atoms with Crippen LogP contribution in [-0.2, 0) is 33.6 Å². The van der Waals surface area contributed by atoms with E-state index < -0.39 is 0 Å². The maximum Gasteiger partial charge on any atom is 0.231 e. The minimum atomic E-state index is 0.750. The van der Waals surface area contributed by atoms with Gasteiger partial charge in [-0.1, -0.05) is 91.0 Å². The molecule has 3 N–H and O–H groups in total. The monoisotopic (exact) mass is 457 g/mol. The number of isocyanates is 3. The smallest absolute Gasteiger partial charge is 0.222 e. The van der Waals surface area contributed by atoms with E-state index in [9.17, 15) is 0 Å². The predicted molar refractivity (Wildman–Crippen MR) is 133 cm³/mol. The first-order valence-corrected chi connectivity index (χ1v) is 10.9. The summed E-state index contributed by atoms with van der Waals surface area (Å²) in [6, 6.07) is 32.7. The summed E-state index contributed by atoms with van der Waals surface area (Å²) in [5.74, 6) is 0.778. The Hall–Kier alpha value is -4.20. The Morgan fingerprint density at radius 3 is 0.882 bits per heavy atom. The van der Waals surface area contributed by atoms with E-state index in [2.05, 4.69) is 91.0 Å². The fourth-order valence-corrected chi connectivity index (χ4v) is 3.48. The van der Waals surface area contributed by atoms with E-state index in [4.69, 9.17) is 30.6 Å². The van der Waals surface area contributed by atoms with Crippen molar-refractivity contribution >= 4 is 18.2 Å². The van der Waals surface area contributed by atoms with Gasteiger partial charge in [-0.3, -0.25) is 0 Å². The van der Waals surface area contributed by atoms with E-state index in [0.29, 0.717) is 0 Å². The molecule has 0 unspecified atom stereocenters. The summed E-state index contributed by atoms with van der Waals surface area (Å²) in [7, 11) is 0. The van der Waals surface area contributed by atoms with E-state index in [-0.39, 0.29) is 0 Å². The molecule has 34 heavy (non-hydrogen) atoms. The molecule has 0 spiro atoms. The van der Waals surface area contributed by atoms with Crippen LogP contribution < -0.4 is 0 Å². The molecule has 0 saturated carbocycles. The molecular weight excluding hydrogens is 426 g/mol. The molecule has 6 heteroatoms. The second kappa shape index (κ2) is 22.0. The molecule has 176 valence electrons. The van der Waals surface area contributed by atoms with Gasteiger partial charge in [-0.25, -0.2) is 30.6 Å². The fourth-order valence-electron chi connectivity index (χ4n) is 3.48. The van der Waals surface area contributed by atoms with Crippen LogP contribution in [0.2, 0.25) is 0 Å². The molecule has 0 amide bonds. The van der Waals surface area contributed by atoms with Crippen LogP contribution in [0.25, 0.3) is 0 Å². The van der Waals surface area contributed by atoms with E-state index in [1.807, 2.05) is 0 Å². The highest BCUT2D eigenvalue weighted by atomic mass is 16.1. The molecule has 0 fully saturated rings. The molecule has 0 aromatic heterocycles. The highest BCUT2D eigenvalue weighted by Gasteiger charge is 2.10. The average molecular weight is 458 g/mol. The molecule has 0 saturated heterocycles. The number of nitrogens with one attached hydrogen (secondary N) is 3. The van der Waals surface area contributed by atoms with Crippen molar-refractivity contribution in [1.29, 1.82) is 16.2 Å². The lowest BCUT2D eigenvalue weighted by atomic mass is 9.88. The number of hydrogen-bond acceptors (Lipinski definition) is 6. The number of benzene rings is 3. The molecule has 0 heterocycles. The maximum atomic E-state index is 8.35. The van der Waals surface area contributed by atoms with Gasteiger partial charge in [-0.15, -0.1) is 0 Å². The lowest BCUT2D eigenvalue weighted by Gasteiger charge is -2.17. The molecule has 0 aliphatic heterocycles. The Bertz CT molecular complexity index is 843. The summed E-state index contributed by atoms with van der Waals surface area (Å²) in [4.78, 5) is 25.0. The van der Waals surface area contributed by atoms with Gasteiger partial charge in [0.2, 0.25) is 18.2 Å². The van der Waals surface area contributed by atoms with Gasteiger partial charge in [0.15, 0.2) is 0 Å². The standard InChI is InChI=1S/C25H28.3CHNO/c1-4-10-22(11-5-1)16-19-25(20-17-23-12-6-2-7-13-23)21-18-24-14-8-3-9-15-24;3*2-1-3/h1-15,25H,16-21H2;3*2H. The normalized spacial score (nSPS) is 8.74. The van der Waals surface area contributed by atoms with Crippen LogP contribution in [0.3, 0.4) is 0 Å². The van der Waals surface area contributed by atoms with Crippen molar-refractivity contribution in [3.63, 3.8) is 0 Å². The molecule has 3 rings (SSSR count). The van der Waals surface area contributed by atoms with Gasteiger partial charge < -0.3 is 0 Å². The van der Waals surface area contributed by atoms with E-state index in [1.165, 1.54) is 55.2 Å². The number of carbonyl (C=O) groups excluding carboxylic acids is 3. The summed E-state index contributed by atoms with van der Waals surface area (Å²) >= 11 is 0. The van der Waals surface area contributed by atoms with Crippen molar-refractivity contribution in [2.24, 2.45) is 5.92 Å². The lowest BCUT2D eigenvalue weighted by molar-refractivity contribution is 0.420. The van der Waals surface area contributed by atoms with Gasteiger partial charge in [-0.2, -0.15) is 0 Å². The summed E-state index contributed by atoms with van der Waals surface area (Å²) in [6.45, 7) is 0. The molecule has 3 aromatic rings. The van der Waals surface area contributed by atoms with Crippen molar-refractivity contribution in [2.75, 3.05) is 0 Å². The third kappa shape index (κ3) is 16.5. The van der Waals surface area contributed by atoms with E-state index in [0.717, 1.165) is 24.2 Å². The van der Waals surface area contributed by atoms with Gasteiger partial charge in [0.05, 0.1) is 0 Å². The highest BCUT2D eigenvalue weighted by Crippen LogP contribution is 2.22. The van der Waals surface area contributed by atoms with Crippen LogP contribution in [0.4, 0.5) is 0 Å². The first-order chi connectivity index (χ1) is 16.6. The summed E-state index contributed by atoms with van der Waals surface area (Å²) in [6.07, 6.45) is 9.66. The second-order valence-corrected chi connectivity index (χ2v) is 7.25. The second-order valence-electron chi connectivity index (χ2n) is 7.25. The average Bonchev–Trinajstić information content (AvgIpc) is 2.87. The van der Waals surface area contributed by atoms with E-state index >= 15 is 0 Å². The zero-order valence-corrected chi connectivity index (χ0v) is 19.2. The summed E-state index contributed by atoms with van der Waals surface area (Å²) in [5.41, 5.74) is 4.39. The molecule has 0 bridgehead atoms. The molecule has 0 aliphatic carbocycles. The van der Waals surface area contributed by atoms with Crippen molar-refractivity contribution in [3.05, 3.63) is 108 Å². The van der Waals surface area contributed by atoms with Gasteiger partial charge in [-0.05, 0) is 61.1 Å². The van der Waals surface area contributed by atoms with Gasteiger partial charge in [0, 0.05) is 0 Å². The lowest BCUT2D eigenvalue weighted by Crippen LogP contribution is -2.06. The first-order valence-electron chi connectivity index (χ1n) is 10.9. The predicted octanol–water partition coefficient (Wildman–Crippen LogP) is 6.20. The van der Waals surface area contributed by atoms with Crippen LogP contribution in [0.15, 0.2) is 91.0 Å². The van der Waals surface area contributed by atoms with Gasteiger partial charge in [0.25, 0.3) is 0 Å². The molecule has 3 aromatic carbocycles. The van der Waals surface area contributed by atoms with Crippen LogP contribution in [0.1, 0.15) is 36.0 Å². The maximum absolute atomic E-state index is 8.35. The Labute approximate surface area is 201 Å². The van der Waals surface area contributed by atoms with E-state index in [1.54, 1.807) is 0 Å². The Kier molecular flexibility index (Phi) is 19.3. The van der Waals surface area contributed by atoms with Gasteiger partial charge in [0.1, 0.15) is 0 Å². The third-order valence-electron chi connectivity index (χ3n) is 5.05. The zero-order chi connectivity index (χ0) is 25.3. The minimum Gasteiger partial charge on any atom is -0.222 e. The molecule has 6 nitrogen and oxygen atoms in total. The van der Waals surface area contributed by atoms with Crippen molar-refractivity contribution in [3.8, 4) is 0 Å². The largest absolute Gasteiger partial charge is 0.231 e. The zero-order valence-electron chi connectivity index (χ0n) is 19.2. The molecule has 0 atom stereocenters. The van der Waals surface area contributed by atoms with Crippen LogP contribution in [0, 0.1) is 22.1 Å². The number of rotatable bonds is 9.